The third-order valence-electron chi connectivity index (χ3n) is 3.43. The Kier molecular flexibility index (Phi) is 3.49. The van der Waals surface area contributed by atoms with Crippen molar-refractivity contribution in [2.24, 2.45) is 0 Å². The molecule has 0 radical (unpaired) electrons. The highest BCUT2D eigenvalue weighted by atomic mass is 32.2. The number of hydrogen-bond donors (Lipinski definition) is 2. The van der Waals surface area contributed by atoms with Crippen LogP contribution in [-0.2, 0) is 10.8 Å². The zero-order valence-electron chi connectivity index (χ0n) is 10.7. The largest absolute Gasteiger partial charge is 0.331 e. The first-order valence-electron chi connectivity index (χ1n) is 6.40. The van der Waals surface area contributed by atoms with Crippen LogP contribution in [0.4, 0.5) is 5.69 Å². The Balaban J connectivity index is 1.92. The summed E-state index contributed by atoms with van der Waals surface area (Å²) in [6.45, 7) is 1.73. The highest BCUT2D eigenvalue weighted by molar-refractivity contribution is 7.85. The molecule has 3 rings (SSSR count). The number of rotatable bonds is 3. The van der Waals surface area contributed by atoms with E-state index in [1.54, 1.807) is 6.07 Å². The summed E-state index contributed by atoms with van der Waals surface area (Å²) in [5.74, 6) is 0. The lowest BCUT2D eigenvalue weighted by Gasteiger charge is -2.20. The van der Waals surface area contributed by atoms with Crippen LogP contribution < -0.4 is 5.32 Å². The third kappa shape index (κ3) is 2.44. The highest BCUT2D eigenvalue weighted by Crippen LogP contribution is 2.22. The van der Waals surface area contributed by atoms with Gasteiger partial charge in [0.2, 0.25) is 0 Å². The molecule has 1 atom stereocenters. The molecule has 1 aliphatic heterocycles. The quantitative estimate of drug-likeness (QED) is 0.657. The molecule has 0 bridgehead atoms. The second-order valence-electron chi connectivity index (χ2n) is 4.75. The van der Waals surface area contributed by atoms with E-state index in [0.717, 1.165) is 25.9 Å². The van der Waals surface area contributed by atoms with Gasteiger partial charge in [-0.05, 0) is 32.0 Å². The molecule has 0 amide bonds. The molecule has 1 saturated heterocycles. The molecule has 0 saturated carbocycles. The van der Waals surface area contributed by atoms with Crippen LogP contribution in [0, 0.1) is 10.1 Å². The minimum absolute atomic E-state index is 0.000323. The molecule has 1 aromatic heterocycles. The SMILES string of the molecule is O=[N+]([O-])c1ccc2nc(S(=O)C3CCNCC3)[nH]c2c1. The first kappa shape index (κ1) is 13.2. The van der Waals surface area contributed by atoms with E-state index < -0.39 is 15.7 Å². The molecule has 0 aliphatic carbocycles. The maximum Gasteiger partial charge on any atom is 0.271 e. The number of nitrogens with one attached hydrogen (secondary N) is 2. The van der Waals surface area contributed by atoms with E-state index in [2.05, 4.69) is 15.3 Å². The summed E-state index contributed by atoms with van der Waals surface area (Å²) in [5, 5.41) is 14.5. The number of aromatic amines is 1. The number of nitrogens with zero attached hydrogens (tertiary/aromatic N) is 2. The normalized spacial score (nSPS) is 18.2. The van der Waals surface area contributed by atoms with E-state index in [9.17, 15) is 14.3 Å². The number of hydrogen-bond acceptors (Lipinski definition) is 5. The molecule has 1 aromatic carbocycles. The first-order valence-corrected chi connectivity index (χ1v) is 7.62. The maximum absolute atomic E-state index is 12.4. The van der Waals surface area contributed by atoms with Gasteiger partial charge in [-0.15, -0.1) is 0 Å². The second-order valence-corrected chi connectivity index (χ2v) is 6.40. The number of benzene rings is 1. The lowest BCUT2D eigenvalue weighted by molar-refractivity contribution is -0.384. The average molecular weight is 294 g/mol. The number of imidazole rings is 1. The number of nitro benzene ring substituents is 1. The zero-order valence-corrected chi connectivity index (χ0v) is 11.5. The Morgan fingerprint density at radius 1 is 1.35 bits per heavy atom. The fourth-order valence-electron chi connectivity index (χ4n) is 2.35. The van der Waals surface area contributed by atoms with Gasteiger partial charge in [-0.3, -0.25) is 14.3 Å². The van der Waals surface area contributed by atoms with Gasteiger partial charge in [-0.2, -0.15) is 0 Å². The van der Waals surface area contributed by atoms with Crippen molar-refractivity contribution in [3.8, 4) is 0 Å². The van der Waals surface area contributed by atoms with Gasteiger partial charge in [0, 0.05) is 17.4 Å². The van der Waals surface area contributed by atoms with Crippen molar-refractivity contribution in [2.75, 3.05) is 13.1 Å². The molecule has 7 nitrogen and oxygen atoms in total. The Morgan fingerprint density at radius 2 is 2.10 bits per heavy atom. The summed E-state index contributed by atoms with van der Waals surface area (Å²) in [6.07, 6.45) is 1.70. The van der Waals surface area contributed by atoms with Crippen LogP contribution in [0.2, 0.25) is 0 Å². The van der Waals surface area contributed by atoms with Crippen molar-refractivity contribution in [1.82, 2.24) is 15.3 Å². The van der Waals surface area contributed by atoms with Gasteiger partial charge in [0.1, 0.15) is 0 Å². The van der Waals surface area contributed by atoms with Crippen LogP contribution in [0.3, 0.4) is 0 Å². The number of fused-ring (bicyclic) bond motifs is 1. The van der Waals surface area contributed by atoms with Crippen molar-refractivity contribution in [3.05, 3.63) is 28.3 Å². The molecule has 2 N–H and O–H groups in total. The summed E-state index contributed by atoms with van der Waals surface area (Å²) in [7, 11) is -1.20. The molecule has 1 fully saturated rings. The van der Waals surface area contributed by atoms with E-state index in [1.807, 2.05) is 0 Å². The standard InChI is InChI=1S/C12H14N4O3S/c17-16(18)8-1-2-10-11(7-8)15-12(14-10)20(19)9-3-5-13-6-4-9/h1-2,7,9,13H,3-6H2,(H,14,15). The number of non-ortho nitro benzene ring substituents is 1. The monoisotopic (exact) mass is 294 g/mol. The van der Waals surface area contributed by atoms with Gasteiger partial charge in [-0.25, -0.2) is 4.98 Å². The summed E-state index contributed by atoms with van der Waals surface area (Å²) >= 11 is 0. The Morgan fingerprint density at radius 3 is 2.80 bits per heavy atom. The fraction of sp³-hybridized carbons (Fsp3) is 0.417. The summed E-state index contributed by atoms with van der Waals surface area (Å²) in [4.78, 5) is 17.5. The predicted molar refractivity (Wildman–Crippen MR) is 75.0 cm³/mol. The number of piperidine rings is 1. The molecular weight excluding hydrogens is 280 g/mol. The van der Waals surface area contributed by atoms with Crippen LogP contribution in [-0.4, -0.2) is 37.4 Å². The maximum atomic E-state index is 12.4. The van der Waals surface area contributed by atoms with Gasteiger partial charge in [0.05, 0.1) is 26.8 Å². The molecule has 2 heterocycles. The lowest BCUT2D eigenvalue weighted by Crippen LogP contribution is -2.33. The molecule has 106 valence electrons. The fourth-order valence-corrected chi connectivity index (χ4v) is 3.73. The van der Waals surface area contributed by atoms with Crippen molar-refractivity contribution in [1.29, 1.82) is 0 Å². The molecule has 1 aliphatic rings. The van der Waals surface area contributed by atoms with E-state index >= 15 is 0 Å². The molecule has 1 unspecified atom stereocenters. The summed E-state index contributed by atoms with van der Waals surface area (Å²) in [6, 6.07) is 4.40. The van der Waals surface area contributed by atoms with E-state index in [0.29, 0.717) is 16.2 Å². The van der Waals surface area contributed by atoms with E-state index in [4.69, 9.17) is 0 Å². The molecular formula is C12H14N4O3S. The van der Waals surface area contributed by atoms with Crippen molar-refractivity contribution >= 4 is 27.5 Å². The number of H-pyrrole nitrogens is 1. The van der Waals surface area contributed by atoms with Crippen LogP contribution in [0.5, 0.6) is 0 Å². The Labute approximate surface area is 117 Å². The van der Waals surface area contributed by atoms with Crippen molar-refractivity contribution in [2.45, 2.75) is 23.2 Å². The number of aromatic nitrogens is 2. The van der Waals surface area contributed by atoms with Crippen LogP contribution in [0.25, 0.3) is 11.0 Å². The third-order valence-corrected chi connectivity index (χ3v) is 5.09. The van der Waals surface area contributed by atoms with Crippen LogP contribution in [0.15, 0.2) is 23.4 Å². The zero-order chi connectivity index (χ0) is 14.1. The lowest BCUT2D eigenvalue weighted by atomic mass is 10.2. The first-order chi connectivity index (χ1) is 9.65. The van der Waals surface area contributed by atoms with Crippen LogP contribution in [0.1, 0.15) is 12.8 Å². The number of nitro groups is 1. The van der Waals surface area contributed by atoms with Gasteiger partial charge < -0.3 is 10.3 Å². The topological polar surface area (TPSA) is 101 Å². The molecule has 8 heteroatoms. The Bertz CT molecular complexity index is 678. The van der Waals surface area contributed by atoms with Gasteiger partial charge in [0.25, 0.3) is 5.69 Å². The predicted octanol–water partition coefficient (Wildman–Crippen LogP) is 1.33. The Hall–Kier alpha value is -1.80. The molecule has 0 spiro atoms. The molecule has 2 aromatic rings. The average Bonchev–Trinajstić information content (AvgIpc) is 2.90. The van der Waals surface area contributed by atoms with Gasteiger partial charge in [-0.1, -0.05) is 0 Å². The smallest absolute Gasteiger partial charge is 0.271 e. The highest BCUT2D eigenvalue weighted by Gasteiger charge is 2.23. The van der Waals surface area contributed by atoms with E-state index in [1.165, 1.54) is 12.1 Å². The van der Waals surface area contributed by atoms with Crippen molar-refractivity contribution in [3.63, 3.8) is 0 Å². The second kappa shape index (κ2) is 5.29. The minimum atomic E-state index is -1.20. The van der Waals surface area contributed by atoms with Gasteiger partial charge >= 0.3 is 0 Å². The van der Waals surface area contributed by atoms with Crippen molar-refractivity contribution < 1.29 is 9.13 Å². The van der Waals surface area contributed by atoms with Crippen LogP contribution >= 0.6 is 0 Å². The summed E-state index contributed by atoms with van der Waals surface area (Å²) < 4.78 is 12.4. The molecule has 20 heavy (non-hydrogen) atoms. The van der Waals surface area contributed by atoms with Gasteiger partial charge in [0.15, 0.2) is 5.16 Å². The minimum Gasteiger partial charge on any atom is -0.331 e. The summed E-state index contributed by atoms with van der Waals surface area (Å²) in [5.41, 5.74) is 1.16. The van der Waals surface area contributed by atoms with E-state index in [-0.39, 0.29) is 10.9 Å².